The molecule has 3 aromatic rings. The van der Waals surface area contributed by atoms with Crippen molar-refractivity contribution in [2.24, 2.45) is 0 Å². The minimum absolute atomic E-state index is 0.0408. The van der Waals surface area contributed by atoms with Crippen LogP contribution in [0.3, 0.4) is 0 Å². The van der Waals surface area contributed by atoms with E-state index in [1.165, 1.54) is 0 Å². The molecule has 174 valence electrons. The Hall–Kier alpha value is -2.80. The molecule has 6 nitrogen and oxygen atoms in total. The molecule has 4 rings (SSSR count). The van der Waals surface area contributed by atoms with Crippen LogP contribution in [0.1, 0.15) is 44.2 Å². The van der Waals surface area contributed by atoms with Crippen LogP contribution >= 0.6 is 15.9 Å². The van der Waals surface area contributed by atoms with Crippen LogP contribution in [-0.4, -0.2) is 37.2 Å². The van der Waals surface area contributed by atoms with E-state index in [2.05, 4.69) is 69.1 Å². The maximum atomic E-state index is 12.5. The van der Waals surface area contributed by atoms with Crippen LogP contribution in [0.4, 0.5) is 16.3 Å². The molecule has 1 aliphatic carbocycles. The zero-order valence-electron chi connectivity index (χ0n) is 19.4. The van der Waals surface area contributed by atoms with Crippen molar-refractivity contribution in [3.63, 3.8) is 0 Å². The number of aromatic nitrogens is 1. The van der Waals surface area contributed by atoms with Crippen LogP contribution in [-0.2, 0) is 0 Å². The number of urea groups is 1. The Kier molecular flexibility index (Phi) is 7.38. The zero-order chi connectivity index (χ0) is 23.4. The summed E-state index contributed by atoms with van der Waals surface area (Å²) in [6.45, 7) is 2.00. The number of halogens is 1. The second-order valence-corrected chi connectivity index (χ2v) is 9.94. The van der Waals surface area contributed by atoms with Crippen LogP contribution in [0.2, 0.25) is 0 Å². The third kappa shape index (κ3) is 5.96. The third-order valence-corrected chi connectivity index (χ3v) is 6.84. The van der Waals surface area contributed by atoms with Gasteiger partial charge in [-0.25, -0.2) is 9.78 Å². The van der Waals surface area contributed by atoms with Crippen LogP contribution in [0.15, 0.2) is 59.1 Å². The van der Waals surface area contributed by atoms with Crippen molar-refractivity contribution >= 4 is 44.4 Å². The average Bonchev–Trinajstić information content (AvgIpc) is 2.80. The molecule has 1 saturated carbocycles. The molecule has 3 N–H and O–H groups in total. The standard InChI is InChI=1S/C26H32BrN5O/c1-17(18-8-10-19(27)11-9-18)28-26(33)30-21-14-12-20(13-15-21)29-25-16-24(32(2)3)22-6-4-5-7-23(22)31-25/h4-11,16-17,20-21H,12-15H2,1-3H3,(H,29,31)(H2,28,30,33). The number of para-hydroxylation sites is 1. The van der Waals surface area contributed by atoms with Gasteiger partial charge in [0.2, 0.25) is 0 Å². The monoisotopic (exact) mass is 509 g/mol. The van der Waals surface area contributed by atoms with Crippen molar-refractivity contribution in [2.45, 2.75) is 50.7 Å². The number of carbonyl (C=O) groups excluding carboxylic acids is 1. The Balaban J connectivity index is 1.29. The molecule has 1 aromatic heterocycles. The van der Waals surface area contributed by atoms with Gasteiger partial charge < -0.3 is 20.9 Å². The van der Waals surface area contributed by atoms with Crippen molar-refractivity contribution < 1.29 is 4.79 Å². The van der Waals surface area contributed by atoms with Crippen molar-refractivity contribution in [3.05, 3.63) is 64.6 Å². The fraction of sp³-hybridized carbons (Fsp3) is 0.385. The largest absolute Gasteiger partial charge is 0.377 e. The summed E-state index contributed by atoms with van der Waals surface area (Å²) < 4.78 is 1.03. The molecule has 1 atom stereocenters. The Morgan fingerprint density at radius 1 is 1.03 bits per heavy atom. The predicted octanol–water partition coefficient (Wildman–Crippen LogP) is 5.85. The van der Waals surface area contributed by atoms with Gasteiger partial charge in [-0.05, 0) is 56.4 Å². The van der Waals surface area contributed by atoms with E-state index >= 15 is 0 Å². The fourth-order valence-corrected chi connectivity index (χ4v) is 4.72. The summed E-state index contributed by atoms with van der Waals surface area (Å²) >= 11 is 3.45. The molecular formula is C26H32BrN5O. The first-order valence-corrected chi connectivity index (χ1v) is 12.3. The van der Waals surface area contributed by atoms with Gasteiger partial charge in [-0.2, -0.15) is 0 Å². The first kappa shape index (κ1) is 23.4. The Labute approximate surface area is 204 Å². The van der Waals surface area contributed by atoms with Crippen molar-refractivity contribution in [1.29, 1.82) is 0 Å². The maximum Gasteiger partial charge on any atom is 0.315 e. The summed E-state index contributed by atoms with van der Waals surface area (Å²) in [6.07, 6.45) is 3.90. The van der Waals surface area contributed by atoms with Crippen molar-refractivity contribution in [1.82, 2.24) is 15.6 Å². The molecule has 1 aliphatic rings. The van der Waals surface area contributed by atoms with E-state index in [0.717, 1.165) is 58.1 Å². The highest BCUT2D eigenvalue weighted by molar-refractivity contribution is 9.10. The summed E-state index contributed by atoms with van der Waals surface area (Å²) in [5.74, 6) is 0.912. The highest BCUT2D eigenvalue weighted by Gasteiger charge is 2.23. The normalized spacial score (nSPS) is 19.0. The van der Waals surface area contributed by atoms with Crippen LogP contribution in [0.25, 0.3) is 10.9 Å². The van der Waals surface area contributed by atoms with Crippen molar-refractivity contribution in [2.75, 3.05) is 24.3 Å². The van der Waals surface area contributed by atoms with E-state index in [-0.39, 0.29) is 18.1 Å². The molecule has 0 bridgehead atoms. The highest BCUT2D eigenvalue weighted by atomic mass is 79.9. The first-order valence-electron chi connectivity index (χ1n) is 11.5. The number of fused-ring (bicyclic) bond motifs is 1. The first-order chi connectivity index (χ1) is 15.9. The molecule has 1 heterocycles. The lowest BCUT2D eigenvalue weighted by molar-refractivity contribution is 0.229. The van der Waals surface area contributed by atoms with Gasteiger partial charge in [0.15, 0.2) is 0 Å². The van der Waals surface area contributed by atoms with E-state index in [1.807, 2.05) is 43.3 Å². The van der Waals surface area contributed by atoms with Gasteiger partial charge in [-0.15, -0.1) is 0 Å². The van der Waals surface area contributed by atoms with Gasteiger partial charge >= 0.3 is 6.03 Å². The van der Waals surface area contributed by atoms with E-state index in [0.29, 0.717) is 6.04 Å². The third-order valence-electron chi connectivity index (χ3n) is 6.31. The molecular weight excluding hydrogens is 478 g/mol. The lowest BCUT2D eigenvalue weighted by Crippen LogP contribution is -2.45. The number of nitrogens with zero attached hydrogens (tertiary/aromatic N) is 2. The van der Waals surface area contributed by atoms with Gasteiger partial charge in [0, 0.05) is 47.8 Å². The summed E-state index contributed by atoms with van der Waals surface area (Å²) in [4.78, 5) is 19.5. The number of carbonyl (C=O) groups is 1. The smallest absolute Gasteiger partial charge is 0.315 e. The average molecular weight is 510 g/mol. The number of pyridine rings is 1. The molecule has 33 heavy (non-hydrogen) atoms. The number of amides is 2. The van der Waals surface area contributed by atoms with Crippen LogP contribution in [0.5, 0.6) is 0 Å². The topological polar surface area (TPSA) is 69.3 Å². The Morgan fingerprint density at radius 2 is 1.70 bits per heavy atom. The summed E-state index contributed by atoms with van der Waals surface area (Å²) in [5.41, 5.74) is 3.24. The minimum atomic E-state index is -0.103. The van der Waals surface area contributed by atoms with E-state index in [9.17, 15) is 4.79 Å². The fourth-order valence-electron chi connectivity index (χ4n) is 4.45. The SMILES string of the molecule is CC(NC(=O)NC1CCC(Nc2cc(N(C)C)c3ccccc3n2)CC1)c1ccc(Br)cc1. The molecule has 0 spiro atoms. The summed E-state index contributed by atoms with van der Waals surface area (Å²) in [7, 11) is 4.12. The molecule has 1 unspecified atom stereocenters. The molecule has 2 aromatic carbocycles. The predicted molar refractivity (Wildman–Crippen MR) is 140 cm³/mol. The molecule has 7 heteroatoms. The van der Waals surface area contributed by atoms with Gasteiger partial charge in [-0.3, -0.25) is 0 Å². The van der Waals surface area contributed by atoms with E-state index in [1.54, 1.807) is 0 Å². The Bertz CT molecular complexity index is 1090. The van der Waals surface area contributed by atoms with Crippen molar-refractivity contribution in [3.8, 4) is 0 Å². The lowest BCUT2D eigenvalue weighted by atomic mass is 9.91. The minimum Gasteiger partial charge on any atom is -0.377 e. The molecule has 0 aliphatic heterocycles. The number of rotatable bonds is 6. The van der Waals surface area contributed by atoms with Crippen LogP contribution < -0.4 is 20.9 Å². The van der Waals surface area contributed by atoms with Crippen LogP contribution in [0, 0.1) is 0 Å². The molecule has 0 saturated heterocycles. The number of nitrogens with one attached hydrogen (secondary N) is 3. The zero-order valence-corrected chi connectivity index (χ0v) is 21.0. The molecule has 0 radical (unpaired) electrons. The second kappa shape index (κ2) is 10.4. The van der Waals surface area contributed by atoms with Gasteiger partial charge in [0.05, 0.1) is 11.6 Å². The number of hydrogen-bond acceptors (Lipinski definition) is 4. The Morgan fingerprint density at radius 3 is 2.39 bits per heavy atom. The van der Waals surface area contributed by atoms with Gasteiger partial charge in [0.25, 0.3) is 0 Å². The van der Waals surface area contributed by atoms with Gasteiger partial charge in [0.1, 0.15) is 5.82 Å². The maximum absolute atomic E-state index is 12.5. The second-order valence-electron chi connectivity index (χ2n) is 9.02. The molecule has 1 fully saturated rings. The van der Waals surface area contributed by atoms with E-state index < -0.39 is 0 Å². The highest BCUT2D eigenvalue weighted by Crippen LogP contribution is 2.29. The number of hydrogen-bond donors (Lipinski definition) is 3. The summed E-state index contributed by atoms with van der Waals surface area (Å²) in [6, 6.07) is 18.8. The quantitative estimate of drug-likeness (QED) is 0.389. The number of anilines is 2. The molecule has 2 amide bonds. The number of benzene rings is 2. The van der Waals surface area contributed by atoms with Gasteiger partial charge in [-0.1, -0.05) is 46.3 Å². The summed E-state index contributed by atoms with van der Waals surface area (Å²) in [5, 5.41) is 11.0. The van der Waals surface area contributed by atoms with E-state index in [4.69, 9.17) is 4.98 Å². The lowest BCUT2D eigenvalue weighted by Gasteiger charge is -2.30.